The molecule has 1 amide bonds. The third-order valence-corrected chi connectivity index (χ3v) is 6.90. The van der Waals surface area contributed by atoms with Gasteiger partial charge in [0.15, 0.2) is 10.4 Å². The Kier molecular flexibility index (Phi) is 4.30. The number of quaternary nitrogens is 1. The van der Waals surface area contributed by atoms with Crippen LogP contribution < -0.4 is 16.2 Å². The summed E-state index contributed by atoms with van der Waals surface area (Å²) in [6.45, 7) is 0. The van der Waals surface area contributed by atoms with Crippen molar-refractivity contribution in [3.8, 4) is 0 Å². The number of aromatic nitrogens is 2. The summed E-state index contributed by atoms with van der Waals surface area (Å²) in [5, 5.41) is 22.8. The number of β-lactam (4-membered cyclic amide) rings is 1. The summed E-state index contributed by atoms with van der Waals surface area (Å²) in [6, 6.07) is -0.380. The number of carboxylic acid groups (broad SMARTS) is 1. The molecule has 1 aromatic heterocycles. The standard InChI is InChI=1S/C11H13N5O3S3/c1-13-10-14-15-11(22-10)21-3-4-2-20-8-5(12)7(17)16(8)6(4)9(18)19/h5,8H,2-3,12H2,1H3,(H,13,14)(H,18,19)/t5-,8-/m1/s1. The van der Waals surface area contributed by atoms with Crippen molar-refractivity contribution in [2.75, 3.05) is 23.9 Å². The molecular weight excluding hydrogens is 346 g/mol. The lowest BCUT2D eigenvalue weighted by molar-refractivity contribution is -0.424. The summed E-state index contributed by atoms with van der Waals surface area (Å²) >= 11 is 4.33. The summed E-state index contributed by atoms with van der Waals surface area (Å²) in [6.07, 6.45) is 0. The fraction of sp³-hybridized carbons (Fsp3) is 0.455. The lowest BCUT2D eigenvalue weighted by Crippen LogP contribution is -2.83. The predicted octanol–water partition coefficient (Wildman–Crippen LogP) is -1.80. The van der Waals surface area contributed by atoms with Crippen LogP contribution in [0.15, 0.2) is 15.6 Å². The van der Waals surface area contributed by atoms with Crippen molar-refractivity contribution in [2.24, 2.45) is 0 Å². The fourth-order valence-electron chi connectivity index (χ4n) is 2.25. The molecule has 2 aliphatic rings. The van der Waals surface area contributed by atoms with Crippen molar-refractivity contribution in [3.05, 3.63) is 11.3 Å². The molecule has 0 saturated carbocycles. The maximum atomic E-state index is 11.9. The summed E-state index contributed by atoms with van der Waals surface area (Å²) in [5.74, 6) is -0.580. The average Bonchev–Trinajstić information content (AvgIpc) is 2.99. The first-order valence-electron chi connectivity index (χ1n) is 6.38. The van der Waals surface area contributed by atoms with Crippen LogP contribution in [0.1, 0.15) is 0 Å². The van der Waals surface area contributed by atoms with Crippen LogP contribution in [-0.2, 0) is 9.59 Å². The van der Waals surface area contributed by atoms with Crippen LogP contribution in [0, 0.1) is 0 Å². The van der Waals surface area contributed by atoms with Crippen molar-refractivity contribution in [3.63, 3.8) is 0 Å². The molecule has 22 heavy (non-hydrogen) atoms. The van der Waals surface area contributed by atoms with Gasteiger partial charge in [-0.2, -0.15) is 0 Å². The number of aliphatic carboxylic acids is 1. The van der Waals surface area contributed by atoms with Crippen LogP contribution in [0.4, 0.5) is 5.13 Å². The van der Waals surface area contributed by atoms with Crippen molar-refractivity contribution < 1.29 is 20.4 Å². The molecule has 0 spiro atoms. The molecule has 0 radical (unpaired) electrons. The molecular formula is C11H13N5O3S3. The topological polar surface area (TPSA) is 126 Å². The molecule has 0 aromatic carbocycles. The first-order valence-corrected chi connectivity index (χ1v) is 9.23. The third-order valence-electron chi connectivity index (χ3n) is 3.34. The number of hydrogen-bond donors (Lipinski definition) is 2. The van der Waals surface area contributed by atoms with Gasteiger partial charge in [-0.3, -0.25) is 9.69 Å². The van der Waals surface area contributed by atoms with Crippen molar-refractivity contribution in [1.29, 1.82) is 0 Å². The van der Waals surface area contributed by atoms with Gasteiger partial charge < -0.3 is 21.0 Å². The molecule has 0 bridgehead atoms. The third kappa shape index (κ3) is 2.57. The molecule has 4 N–H and O–H groups in total. The number of amides is 1. The Morgan fingerprint density at radius 3 is 3.00 bits per heavy atom. The van der Waals surface area contributed by atoms with Gasteiger partial charge in [0.1, 0.15) is 5.37 Å². The normalized spacial score (nSPS) is 24.1. The van der Waals surface area contributed by atoms with E-state index in [1.54, 1.807) is 7.05 Å². The van der Waals surface area contributed by atoms with Gasteiger partial charge in [-0.05, 0) is 5.57 Å². The maximum Gasteiger partial charge on any atom is 0.289 e. The van der Waals surface area contributed by atoms with E-state index in [4.69, 9.17) is 0 Å². The smallest absolute Gasteiger partial charge is 0.289 e. The van der Waals surface area contributed by atoms with Crippen molar-refractivity contribution >= 4 is 51.9 Å². The Morgan fingerprint density at radius 2 is 2.36 bits per heavy atom. The number of hydrogen-bond acceptors (Lipinski definition) is 9. The van der Waals surface area contributed by atoms with Crippen LogP contribution in [0.5, 0.6) is 0 Å². The lowest BCUT2D eigenvalue weighted by Gasteiger charge is -2.47. The minimum Gasteiger partial charge on any atom is -0.543 e. The van der Waals surface area contributed by atoms with Gasteiger partial charge in [-0.25, -0.2) is 0 Å². The molecule has 2 atom stereocenters. The number of carbonyl (C=O) groups excluding carboxylic acids is 2. The lowest BCUT2D eigenvalue weighted by atomic mass is 10.0. The molecule has 1 fully saturated rings. The summed E-state index contributed by atoms with van der Waals surface area (Å²) in [7, 11) is 1.76. The van der Waals surface area contributed by atoms with E-state index in [2.05, 4.69) is 21.2 Å². The zero-order chi connectivity index (χ0) is 15.9. The summed E-state index contributed by atoms with van der Waals surface area (Å²) in [4.78, 5) is 24.6. The zero-order valence-electron chi connectivity index (χ0n) is 11.6. The molecule has 3 rings (SSSR count). The number of thioether (sulfide) groups is 2. The molecule has 11 heteroatoms. The van der Waals surface area contributed by atoms with Gasteiger partial charge >= 0.3 is 0 Å². The number of carboxylic acids is 1. The second kappa shape index (κ2) is 6.07. The van der Waals surface area contributed by atoms with Gasteiger partial charge in [0.25, 0.3) is 5.91 Å². The molecule has 8 nitrogen and oxygen atoms in total. The largest absolute Gasteiger partial charge is 0.543 e. The minimum absolute atomic E-state index is 0.000458. The van der Waals surface area contributed by atoms with E-state index in [0.29, 0.717) is 22.2 Å². The predicted molar refractivity (Wildman–Crippen MR) is 82.0 cm³/mol. The Hall–Kier alpha value is -1.30. The Balaban J connectivity index is 1.78. The Morgan fingerprint density at radius 1 is 1.59 bits per heavy atom. The second-order valence-electron chi connectivity index (χ2n) is 4.67. The summed E-state index contributed by atoms with van der Waals surface area (Å²) in [5.41, 5.74) is 4.43. The SMILES string of the molecule is CNc1nnc(SCC2=C(C(=O)[O-])N3C(=O)[C@@H]([NH3+])[C@H]3SC2)s1. The number of nitrogens with zero attached hydrogens (tertiary/aromatic N) is 3. The van der Waals surface area contributed by atoms with Crippen LogP contribution in [0.3, 0.4) is 0 Å². The van der Waals surface area contributed by atoms with E-state index in [1.165, 1.54) is 39.8 Å². The van der Waals surface area contributed by atoms with Gasteiger partial charge in [0.05, 0.1) is 11.7 Å². The molecule has 118 valence electrons. The van der Waals surface area contributed by atoms with E-state index in [9.17, 15) is 14.7 Å². The number of rotatable bonds is 5. The fourth-order valence-corrected chi connectivity index (χ4v) is 5.41. The van der Waals surface area contributed by atoms with E-state index >= 15 is 0 Å². The van der Waals surface area contributed by atoms with Gasteiger partial charge in [0, 0.05) is 18.6 Å². The second-order valence-corrected chi connectivity index (χ2v) is 7.97. The highest BCUT2D eigenvalue weighted by Crippen LogP contribution is 2.40. The van der Waals surface area contributed by atoms with Crippen LogP contribution in [0.2, 0.25) is 0 Å². The Labute approximate surface area is 138 Å². The molecule has 0 aliphatic carbocycles. The highest BCUT2D eigenvalue weighted by Gasteiger charge is 2.53. The quantitative estimate of drug-likeness (QED) is 0.466. The molecule has 0 unspecified atom stereocenters. The zero-order valence-corrected chi connectivity index (χ0v) is 14.0. The first kappa shape index (κ1) is 15.6. The Bertz CT molecular complexity index is 661. The van der Waals surface area contributed by atoms with Crippen LogP contribution >= 0.6 is 34.9 Å². The van der Waals surface area contributed by atoms with Crippen LogP contribution in [0.25, 0.3) is 0 Å². The summed E-state index contributed by atoms with van der Waals surface area (Å²) < 4.78 is 0.742. The molecule has 1 saturated heterocycles. The molecule has 2 aliphatic heterocycles. The van der Waals surface area contributed by atoms with Gasteiger partial charge in [0.2, 0.25) is 5.13 Å². The number of nitrogens with one attached hydrogen (secondary N) is 1. The van der Waals surface area contributed by atoms with E-state index in [1.807, 2.05) is 0 Å². The van der Waals surface area contributed by atoms with Crippen molar-refractivity contribution in [2.45, 2.75) is 15.8 Å². The van der Waals surface area contributed by atoms with Gasteiger partial charge in [-0.15, -0.1) is 22.0 Å². The highest BCUT2D eigenvalue weighted by atomic mass is 32.2. The minimum atomic E-state index is -1.31. The molecule has 1 aromatic rings. The number of anilines is 1. The number of fused-ring (bicyclic) bond motifs is 1. The van der Waals surface area contributed by atoms with Crippen LogP contribution in [-0.4, -0.2) is 56.9 Å². The van der Waals surface area contributed by atoms with E-state index in [0.717, 1.165) is 4.34 Å². The maximum absolute atomic E-state index is 11.9. The first-order chi connectivity index (χ1) is 10.5. The van der Waals surface area contributed by atoms with E-state index in [-0.39, 0.29) is 23.0 Å². The van der Waals surface area contributed by atoms with Crippen molar-refractivity contribution in [1.82, 2.24) is 15.1 Å². The van der Waals surface area contributed by atoms with E-state index < -0.39 is 5.97 Å². The monoisotopic (exact) mass is 359 g/mol. The highest BCUT2D eigenvalue weighted by molar-refractivity contribution is 8.01. The number of carbonyl (C=O) groups is 2. The average molecular weight is 359 g/mol. The molecule has 3 heterocycles. The van der Waals surface area contributed by atoms with Gasteiger partial charge in [-0.1, -0.05) is 23.1 Å².